The normalized spacial score (nSPS) is 9.43. The van der Waals surface area contributed by atoms with Crippen molar-refractivity contribution in [2.45, 2.75) is 12.8 Å². The van der Waals surface area contributed by atoms with Gasteiger partial charge >= 0.3 is 0 Å². The Bertz CT molecular complexity index is 352. The molecular formula is C13H12O. The fraction of sp³-hybridized carbons (Fsp3) is 0.154. The molecular weight excluding hydrogens is 172 g/mol. The van der Waals surface area contributed by atoms with Crippen molar-refractivity contribution in [1.82, 2.24) is 0 Å². The Hall–Kier alpha value is -1.81. The fourth-order valence-corrected chi connectivity index (χ4v) is 0.964. The molecule has 0 aliphatic heterocycles. The van der Waals surface area contributed by atoms with Gasteiger partial charge in [-0.1, -0.05) is 42.2 Å². The van der Waals surface area contributed by atoms with Gasteiger partial charge in [0, 0.05) is 12.8 Å². The summed E-state index contributed by atoms with van der Waals surface area (Å²) in [6, 6.07) is 9.99. The van der Waals surface area contributed by atoms with Crippen LogP contribution in [-0.4, -0.2) is 6.29 Å². The second-order valence-corrected chi connectivity index (χ2v) is 2.77. The third-order valence-electron chi connectivity index (χ3n) is 1.65. The Kier molecular flexibility index (Phi) is 4.90. The van der Waals surface area contributed by atoms with Gasteiger partial charge in [-0.15, -0.1) is 0 Å². The Morgan fingerprint density at radius 3 is 2.71 bits per heavy atom. The third kappa shape index (κ3) is 4.27. The zero-order valence-electron chi connectivity index (χ0n) is 7.94. The molecule has 0 saturated carbocycles. The molecule has 0 N–H and O–H groups in total. The lowest BCUT2D eigenvalue weighted by Gasteiger charge is -1.87. The number of carbonyl (C=O) groups is 1. The van der Waals surface area contributed by atoms with Crippen molar-refractivity contribution in [3.63, 3.8) is 0 Å². The maximum atomic E-state index is 9.97. The highest BCUT2D eigenvalue weighted by molar-refractivity contribution is 5.53. The first-order chi connectivity index (χ1) is 6.93. The lowest BCUT2D eigenvalue weighted by Crippen LogP contribution is -1.70. The molecule has 1 aromatic rings. The summed E-state index contributed by atoms with van der Waals surface area (Å²) in [6.07, 6.45) is 5.80. The Labute approximate surface area is 84.5 Å². The summed E-state index contributed by atoms with van der Waals surface area (Å²) >= 11 is 0. The Morgan fingerprint density at radius 1 is 1.21 bits per heavy atom. The van der Waals surface area contributed by atoms with Crippen molar-refractivity contribution in [2.24, 2.45) is 0 Å². The first kappa shape index (κ1) is 10.3. The second-order valence-electron chi connectivity index (χ2n) is 2.77. The van der Waals surface area contributed by atoms with Crippen LogP contribution in [0.5, 0.6) is 0 Å². The van der Waals surface area contributed by atoms with Crippen LogP contribution < -0.4 is 0 Å². The number of hydrogen-bond acceptors (Lipinski definition) is 1. The summed E-state index contributed by atoms with van der Waals surface area (Å²) in [5.41, 5.74) is 1.14. The summed E-state index contributed by atoms with van der Waals surface area (Å²) in [5, 5.41) is 0. The summed E-state index contributed by atoms with van der Waals surface area (Å²) in [4.78, 5) is 9.97. The van der Waals surface area contributed by atoms with E-state index in [-0.39, 0.29) is 0 Å². The van der Waals surface area contributed by atoms with E-state index in [4.69, 9.17) is 0 Å². The topological polar surface area (TPSA) is 17.1 Å². The first-order valence-electron chi connectivity index (χ1n) is 4.57. The van der Waals surface area contributed by atoms with Crippen LogP contribution in [0, 0.1) is 11.8 Å². The Morgan fingerprint density at radius 2 is 2.00 bits per heavy atom. The van der Waals surface area contributed by atoms with E-state index in [0.717, 1.165) is 11.8 Å². The molecule has 0 aromatic heterocycles. The summed E-state index contributed by atoms with van der Waals surface area (Å²) < 4.78 is 0. The highest BCUT2D eigenvalue weighted by Gasteiger charge is 1.79. The van der Waals surface area contributed by atoms with Crippen LogP contribution in [-0.2, 0) is 4.79 Å². The summed E-state index contributed by atoms with van der Waals surface area (Å²) in [6.45, 7) is 0. The second kappa shape index (κ2) is 6.68. The minimum atomic E-state index is 0.520. The number of benzene rings is 1. The molecule has 1 nitrogen and oxygen atoms in total. The number of aldehydes is 1. The molecule has 0 atom stereocenters. The molecule has 1 aromatic carbocycles. The Balaban J connectivity index is 2.40. The van der Waals surface area contributed by atoms with E-state index in [2.05, 4.69) is 11.8 Å². The molecule has 0 heterocycles. The predicted molar refractivity (Wildman–Crippen MR) is 58.6 cm³/mol. The van der Waals surface area contributed by atoms with E-state index in [1.165, 1.54) is 0 Å². The molecule has 70 valence electrons. The van der Waals surface area contributed by atoms with Gasteiger partial charge in [-0.05, 0) is 17.7 Å². The highest BCUT2D eigenvalue weighted by atomic mass is 16.1. The average Bonchev–Trinajstić information content (AvgIpc) is 2.25. The number of rotatable bonds is 3. The smallest absolute Gasteiger partial charge is 0.120 e. The average molecular weight is 184 g/mol. The van der Waals surface area contributed by atoms with Gasteiger partial charge in [0.1, 0.15) is 6.29 Å². The van der Waals surface area contributed by atoms with Crippen LogP contribution in [0.1, 0.15) is 18.4 Å². The van der Waals surface area contributed by atoms with Gasteiger partial charge in [-0.3, -0.25) is 0 Å². The van der Waals surface area contributed by atoms with E-state index >= 15 is 0 Å². The molecule has 0 radical (unpaired) electrons. The summed E-state index contributed by atoms with van der Waals surface area (Å²) in [7, 11) is 0. The van der Waals surface area contributed by atoms with E-state index in [0.29, 0.717) is 12.8 Å². The largest absolute Gasteiger partial charge is 0.303 e. The molecule has 0 unspecified atom stereocenters. The molecule has 1 rings (SSSR count). The van der Waals surface area contributed by atoms with Crippen LogP contribution in [0.15, 0.2) is 36.4 Å². The van der Waals surface area contributed by atoms with E-state index in [1.807, 2.05) is 36.4 Å². The molecule has 0 saturated heterocycles. The van der Waals surface area contributed by atoms with Crippen LogP contribution in [0.3, 0.4) is 0 Å². The van der Waals surface area contributed by atoms with Gasteiger partial charge in [0.2, 0.25) is 0 Å². The van der Waals surface area contributed by atoms with Crippen molar-refractivity contribution in [3.05, 3.63) is 42.0 Å². The zero-order chi connectivity index (χ0) is 10.1. The molecule has 14 heavy (non-hydrogen) atoms. The van der Waals surface area contributed by atoms with Crippen molar-refractivity contribution in [3.8, 4) is 11.8 Å². The fourth-order valence-electron chi connectivity index (χ4n) is 0.964. The van der Waals surface area contributed by atoms with E-state index in [9.17, 15) is 4.79 Å². The minimum Gasteiger partial charge on any atom is -0.303 e. The molecule has 0 aliphatic carbocycles. The lowest BCUT2D eigenvalue weighted by atomic mass is 10.2. The van der Waals surface area contributed by atoms with Gasteiger partial charge < -0.3 is 4.79 Å². The van der Waals surface area contributed by atoms with Crippen LogP contribution >= 0.6 is 0 Å². The molecule has 1 heteroatoms. The SMILES string of the molecule is O=CCCC#C/C=C\c1ccccc1. The van der Waals surface area contributed by atoms with Crippen LogP contribution in [0.25, 0.3) is 6.08 Å². The van der Waals surface area contributed by atoms with Crippen LogP contribution in [0.2, 0.25) is 0 Å². The first-order valence-corrected chi connectivity index (χ1v) is 4.57. The monoisotopic (exact) mass is 184 g/mol. The van der Waals surface area contributed by atoms with Gasteiger partial charge in [0.15, 0.2) is 0 Å². The number of allylic oxidation sites excluding steroid dienone is 1. The van der Waals surface area contributed by atoms with Crippen LogP contribution in [0.4, 0.5) is 0 Å². The van der Waals surface area contributed by atoms with Gasteiger partial charge in [0.25, 0.3) is 0 Å². The number of unbranched alkanes of at least 4 members (excludes halogenated alkanes) is 1. The van der Waals surface area contributed by atoms with Crippen molar-refractivity contribution >= 4 is 12.4 Å². The zero-order valence-corrected chi connectivity index (χ0v) is 7.94. The van der Waals surface area contributed by atoms with Gasteiger partial charge in [0.05, 0.1) is 0 Å². The van der Waals surface area contributed by atoms with Crippen molar-refractivity contribution in [2.75, 3.05) is 0 Å². The maximum Gasteiger partial charge on any atom is 0.120 e. The standard InChI is InChI=1S/C13H12O/c14-12-8-3-1-2-5-9-13-10-6-4-7-11-13/h4-7,9-12H,3,8H2/b9-5-. The van der Waals surface area contributed by atoms with Crippen molar-refractivity contribution in [1.29, 1.82) is 0 Å². The van der Waals surface area contributed by atoms with Gasteiger partial charge in [-0.2, -0.15) is 0 Å². The molecule has 0 bridgehead atoms. The number of carbonyl (C=O) groups excluding carboxylic acids is 1. The molecule has 0 amide bonds. The quantitative estimate of drug-likeness (QED) is 0.401. The minimum absolute atomic E-state index is 0.520. The summed E-state index contributed by atoms with van der Waals surface area (Å²) in [5.74, 6) is 5.77. The van der Waals surface area contributed by atoms with E-state index in [1.54, 1.807) is 6.08 Å². The number of hydrogen-bond donors (Lipinski definition) is 0. The van der Waals surface area contributed by atoms with E-state index < -0.39 is 0 Å². The highest BCUT2D eigenvalue weighted by Crippen LogP contribution is 1.99. The predicted octanol–water partition coefficient (Wildman–Crippen LogP) is 2.68. The molecule has 0 spiro atoms. The molecule has 0 fully saturated rings. The lowest BCUT2D eigenvalue weighted by molar-refractivity contribution is -0.107. The van der Waals surface area contributed by atoms with Crippen molar-refractivity contribution < 1.29 is 4.79 Å². The van der Waals surface area contributed by atoms with Gasteiger partial charge in [-0.25, -0.2) is 0 Å². The molecule has 0 aliphatic rings. The third-order valence-corrected chi connectivity index (χ3v) is 1.65. The maximum absolute atomic E-state index is 9.97.